The van der Waals surface area contributed by atoms with Crippen LogP contribution in [0.4, 0.5) is 5.69 Å². The van der Waals surface area contributed by atoms with Gasteiger partial charge in [0.15, 0.2) is 5.16 Å². The molecule has 126 valence electrons. The molecular formula is C17H19N3O3S. The number of benzene rings is 1. The molecule has 6 nitrogen and oxygen atoms in total. The highest BCUT2D eigenvalue weighted by molar-refractivity contribution is 7.99. The maximum atomic E-state index is 12.0. The standard InChI is InChI=1S/C17H19N3O3S/c1-4-5-14-11(2)18-17(20-16(14)22)24-10-15(21)19-12-6-8-13(23-3)9-7-12/h4,6-9H,1,5,10H2,2-3H3,(H,19,21)(H,18,20,22). The van der Waals surface area contributed by atoms with Gasteiger partial charge in [-0.2, -0.15) is 0 Å². The molecule has 0 aliphatic rings. The van der Waals surface area contributed by atoms with Crippen molar-refractivity contribution in [2.45, 2.75) is 18.5 Å². The van der Waals surface area contributed by atoms with Crippen molar-refractivity contribution in [2.24, 2.45) is 0 Å². The average Bonchev–Trinajstić information content (AvgIpc) is 2.57. The second-order valence-electron chi connectivity index (χ2n) is 4.99. The molecule has 1 aromatic heterocycles. The summed E-state index contributed by atoms with van der Waals surface area (Å²) in [5.41, 5.74) is 1.73. The van der Waals surface area contributed by atoms with Gasteiger partial charge in [0.25, 0.3) is 5.56 Å². The molecule has 0 aliphatic heterocycles. The van der Waals surface area contributed by atoms with Crippen molar-refractivity contribution < 1.29 is 9.53 Å². The van der Waals surface area contributed by atoms with Gasteiger partial charge in [0.2, 0.25) is 5.91 Å². The third kappa shape index (κ3) is 4.73. The fourth-order valence-corrected chi connectivity index (χ4v) is 2.75. The first-order valence-electron chi connectivity index (χ1n) is 7.31. The number of carbonyl (C=O) groups excluding carboxylic acids is 1. The zero-order valence-electron chi connectivity index (χ0n) is 13.6. The second kappa shape index (κ2) is 8.35. The van der Waals surface area contributed by atoms with Gasteiger partial charge in [-0.05, 0) is 37.6 Å². The SMILES string of the molecule is C=CCc1c(C)nc(SCC(=O)Nc2ccc(OC)cc2)[nH]c1=O. The quantitative estimate of drug-likeness (QED) is 0.458. The van der Waals surface area contributed by atoms with E-state index < -0.39 is 0 Å². The van der Waals surface area contributed by atoms with E-state index in [0.717, 1.165) is 5.75 Å². The molecule has 2 aromatic rings. The highest BCUT2D eigenvalue weighted by Crippen LogP contribution is 2.17. The Hall–Kier alpha value is -2.54. The van der Waals surface area contributed by atoms with Crippen molar-refractivity contribution in [2.75, 3.05) is 18.2 Å². The number of aromatic amines is 1. The van der Waals surface area contributed by atoms with Gasteiger partial charge in [-0.3, -0.25) is 9.59 Å². The number of H-pyrrole nitrogens is 1. The molecule has 0 saturated carbocycles. The molecule has 1 heterocycles. The van der Waals surface area contributed by atoms with Crippen molar-refractivity contribution in [1.82, 2.24) is 9.97 Å². The second-order valence-corrected chi connectivity index (χ2v) is 5.96. The maximum absolute atomic E-state index is 12.0. The largest absolute Gasteiger partial charge is 0.497 e. The molecule has 0 radical (unpaired) electrons. The van der Waals surface area contributed by atoms with Gasteiger partial charge in [-0.15, -0.1) is 6.58 Å². The van der Waals surface area contributed by atoms with E-state index in [4.69, 9.17) is 4.74 Å². The number of anilines is 1. The predicted molar refractivity (Wildman–Crippen MR) is 95.8 cm³/mol. The molecular weight excluding hydrogens is 326 g/mol. The van der Waals surface area contributed by atoms with Crippen LogP contribution in [-0.4, -0.2) is 28.7 Å². The number of hydrogen-bond donors (Lipinski definition) is 2. The molecule has 0 aliphatic carbocycles. The number of aromatic nitrogens is 2. The maximum Gasteiger partial charge on any atom is 0.255 e. The molecule has 0 unspecified atom stereocenters. The molecule has 2 rings (SSSR count). The lowest BCUT2D eigenvalue weighted by molar-refractivity contribution is -0.113. The lowest BCUT2D eigenvalue weighted by Crippen LogP contribution is -2.18. The molecule has 1 aromatic carbocycles. The first kappa shape index (κ1) is 17.8. The van der Waals surface area contributed by atoms with E-state index >= 15 is 0 Å². The number of methoxy groups -OCH3 is 1. The minimum absolute atomic E-state index is 0.148. The van der Waals surface area contributed by atoms with Crippen LogP contribution in [-0.2, 0) is 11.2 Å². The van der Waals surface area contributed by atoms with E-state index in [1.165, 1.54) is 11.8 Å². The van der Waals surface area contributed by atoms with Crippen molar-refractivity contribution in [1.29, 1.82) is 0 Å². The monoisotopic (exact) mass is 345 g/mol. The van der Waals surface area contributed by atoms with Gasteiger partial charge in [0.05, 0.1) is 12.9 Å². The van der Waals surface area contributed by atoms with Gasteiger partial charge >= 0.3 is 0 Å². The minimum atomic E-state index is -0.194. The van der Waals surface area contributed by atoms with E-state index in [-0.39, 0.29) is 17.2 Å². The van der Waals surface area contributed by atoms with E-state index in [2.05, 4.69) is 21.9 Å². The highest BCUT2D eigenvalue weighted by atomic mass is 32.2. The van der Waals surface area contributed by atoms with Crippen LogP contribution in [0.2, 0.25) is 0 Å². The number of thioether (sulfide) groups is 1. The molecule has 0 atom stereocenters. The summed E-state index contributed by atoms with van der Waals surface area (Å²) in [6, 6.07) is 7.05. The minimum Gasteiger partial charge on any atom is -0.497 e. The van der Waals surface area contributed by atoms with Crippen LogP contribution in [0.15, 0.2) is 46.9 Å². The number of aryl methyl sites for hydroxylation is 1. The third-order valence-electron chi connectivity index (χ3n) is 3.26. The number of nitrogens with one attached hydrogen (secondary N) is 2. The number of carbonyl (C=O) groups is 1. The Morgan fingerprint density at radius 3 is 2.71 bits per heavy atom. The summed E-state index contributed by atoms with van der Waals surface area (Å²) >= 11 is 1.18. The average molecular weight is 345 g/mol. The van der Waals surface area contributed by atoms with Crippen molar-refractivity contribution >= 4 is 23.4 Å². The van der Waals surface area contributed by atoms with Crippen LogP contribution < -0.4 is 15.6 Å². The number of ether oxygens (including phenoxy) is 1. The first-order valence-corrected chi connectivity index (χ1v) is 8.29. The van der Waals surface area contributed by atoms with Gasteiger partial charge < -0.3 is 15.0 Å². The summed E-state index contributed by atoms with van der Waals surface area (Å²) in [6.45, 7) is 5.40. The topological polar surface area (TPSA) is 84.1 Å². The van der Waals surface area contributed by atoms with E-state index in [1.54, 1.807) is 44.4 Å². The summed E-state index contributed by atoms with van der Waals surface area (Å²) in [7, 11) is 1.58. The van der Waals surface area contributed by atoms with Crippen molar-refractivity contribution in [3.63, 3.8) is 0 Å². The molecule has 7 heteroatoms. The first-order chi connectivity index (χ1) is 11.5. The summed E-state index contributed by atoms with van der Waals surface area (Å²) in [5.74, 6) is 0.690. The summed E-state index contributed by atoms with van der Waals surface area (Å²) in [6.07, 6.45) is 2.13. The third-order valence-corrected chi connectivity index (χ3v) is 4.14. The zero-order valence-corrected chi connectivity index (χ0v) is 14.4. The van der Waals surface area contributed by atoms with Crippen LogP contribution in [0.25, 0.3) is 0 Å². The van der Waals surface area contributed by atoms with Crippen LogP contribution in [0.5, 0.6) is 5.75 Å². The fourth-order valence-electron chi connectivity index (χ4n) is 2.04. The molecule has 0 bridgehead atoms. The van der Waals surface area contributed by atoms with Crippen LogP contribution in [0.1, 0.15) is 11.3 Å². The summed E-state index contributed by atoms with van der Waals surface area (Å²) < 4.78 is 5.06. The normalized spacial score (nSPS) is 10.2. The van der Waals surface area contributed by atoms with Gasteiger partial charge in [0.1, 0.15) is 5.75 Å². The predicted octanol–water partition coefficient (Wildman–Crippen LogP) is 2.55. The molecule has 0 fully saturated rings. The van der Waals surface area contributed by atoms with Crippen molar-refractivity contribution in [3.8, 4) is 5.75 Å². The lowest BCUT2D eigenvalue weighted by atomic mass is 10.2. The van der Waals surface area contributed by atoms with Crippen LogP contribution in [0.3, 0.4) is 0 Å². The van der Waals surface area contributed by atoms with E-state index in [9.17, 15) is 9.59 Å². The number of rotatable bonds is 7. The van der Waals surface area contributed by atoms with Crippen LogP contribution in [0, 0.1) is 6.92 Å². The Morgan fingerprint density at radius 2 is 2.12 bits per heavy atom. The van der Waals surface area contributed by atoms with E-state index in [1.807, 2.05) is 0 Å². The number of allylic oxidation sites excluding steroid dienone is 1. The molecule has 0 spiro atoms. The molecule has 24 heavy (non-hydrogen) atoms. The Balaban J connectivity index is 1.96. The van der Waals surface area contributed by atoms with Crippen molar-refractivity contribution in [3.05, 3.63) is 58.5 Å². The van der Waals surface area contributed by atoms with Crippen LogP contribution >= 0.6 is 11.8 Å². The Kier molecular flexibility index (Phi) is 6.20. The van der Waals surface area contributed by atoms with Gasteiger partial charge in [0, 0.05) is 16.9 Å². The zero-order chi connectivity index (χ0) is 17.5. The highest BCUT2D eigenvalue weighted by Gasteiger charge is 2.09. The summed E-state index contributed by atoms with van der Waals surface area (Å²) in [5, 5.41) is 3.20. The van der Waals surface area contributed by atoms with Gasteiger partial charge in [-0.1, -0.05) is 17.8 Å². The Bertz CT molecular complexity index is 785. The smallest absolute Gasteiger partial charge is 0.255 e. The van der Waals surface area contributed by atoms with Gasteiger partial charge in [-0.25, -0.2) is 4.98 Å². The number of hydrogen-bond acceptors (Lipinski definition) is 5. The number of amides is 1. The van der Waals surface area contributed by atoms with E-state index in [0.29, 0.717) is 28.5 Å². The summed E-state index contributed by atoms with van der Waals surface area (Å²) in [4.78, 5) is 31.0. The molecule has 1 amide bonds. The Morgan fingerprint density at radius 1 is 1.42 bits per heavy atom. The number of nitrogens with zero attached hydrogens (tertiary/aromatic N) is 1. The fraction of sp³-hybridized carbons (Fsp3) is 0.235. The molecule has 0 saturated heterocycles. The molecule has 2 N–H and O–H groups in total. The lowest BCUT2D eigenvalue weighted by Gasteiger charge is -2.07. The Labute approximate surface area is 144 Å².